The number of unbranched alkanes of at least 4 members (excludes halogenated alkanes) is 3. The molecule has 1 aromatic rings. The van der Waals surface area contributed by atoms with Gasteiger partial charge in [-0.2, -0.15) is 0 Å². The minimum Gasteiger partial charge on any atom is -0.497 e. The van der Waals surface area contributed by atoms with Crippen LogP contribution in [0.15, 0.2) is 24.3 Å². The molecule has 2 rings (SSSR count). The highest BCUT2D eigenvalue weighted by Gasteiger charge is 2.21. The summed E-state index contributed by atoms with van der Waals surface area (Å²) in [4.78, 5) is 0. The second-order valence-corrected chi connectivity index (χ2v) is 10.9. The molecular weight excluding hydrogens is 296 g/mol. The van der Waals surface area contributed by atoms with E-state index in [-0.39, 0.29) is 8.80 Å². The van der Waals surface area contributed by atoms with E-state index in [1.54, 1.807) is 38.1 Å². The molecule has 0 unspecified atom stereocenters. The Morgan fingerprint density at radius 3 is 2.39 bits per heavy atom. The van der Waals surface area contributed by atoms with Crippen molar-refractivity contribution in [2.75, 3.05) is 7.11 Å². The molecule has 1 saturated heterocycles. The SMILES string of the molecule is CCCCC[SiH]1CCC(CCCCc2ccc(OC)cc2)CC1. The van der Waals surface area contributed by atoms with Crippen LogP contribution < -0.4 is 4.74 Å². The van der Waals surface area contributed by atoms with E-state index >= 15 is 0 Å². The molecule has 1 aliphatic rings. The largest absolute Gasteiger partial charge is 0.497 e. The third kappa shape index (κ3) is 7.11. The van der Waals surface area contributed by atoms with Crippen LogP contribution in [0.2, 0.25) is 18.1 Å². The van der Waals surface area contributed by atoms with Gasteiger partial charge in [-0.3, -0.25) is 0 Å². The van der Waals surface area contributed by atoms with Gasteiger partial charge < -0.3 is 4.74 Å². The first-order chi connectivity index (χ1) is 11.3. The zero-order valence-corrected chi connectivity index (χ0v) is 16.5. The number of hydrogen-bond acceptors (Lipinski definition) is 1. The van der Waals surface area contributed by atoms with Gasteiger partial charge in [-0.15, -0.1) is 0 Å². The topological polar surface area (TPSA) is 9.23 Å². The van der Waals surface area contributed by atoms with E-state index in [9.17, 15) is 0 Å². The van der Waals surface area contributed by atoms with Crippen LogP contribution in [0.1, 0.15) is 63.9 Å². The van der Waals surface area contributed by atoms with Gasteiger partial charge in [0.1, 0.15) is 5.75 Å². The maximum atomic E-state index is 5.22. The zero-order chi connectivity index (χ0) is 16.3. The molecule has 0 radical (unpaired) electrons. The minimum atomic E-state index is -0.306. The summed E-state index contributed by atoms with van der Waals surface area (Å²) in [6.45, 7) is 2.32. The number of rotatable bonds is 10. The van der Waals surface area contributed by atoms with Crippen molar-refractivity contribution < 1.29 is 4.74 Å². The standard InChI is InChI=1S/C21H36OSi/c1-3-4-7-16-23-17-14-20(15-18-23)9-6-5-8-19-10-12-21(22-2)13-11-19/h10-13,20,23H,3-9,14-18H2,1-2H3. The first-order valence-electron chi connectivity index (χ1n) is 9.94. The highest BCUT2D eigenvalue weighted by atomic mass is 28.3. The van der Waals surface area contributed by atoms with Gasteiger partial charge in [-0.05, 0) is 36.5 Å². The van der Waals surface area contributed by atoms with Crippen LogP contribution in [0, 0.1) is 5.92 Å². The average molecular weight is 333 g/mol. The van der Waals surface area contributed by atoms with Gasteiger partial charge in [-0.25, -0.2) is 0 Å². The first kappa shape index (κ1) is 18.6. The van der Waals surface area contributed by atoms with E-state index in [1.807, 2.05) is 0 Å². The quantitative estimate of drug-likeness (QED) is 0.364. The van der Waals surface area contributed by atoms with E-state index in [4.69, 9.17) is 4.74 Å². The van der Waals surface area contributed by atoms with Crippen molar-refractivity contribution >= 4 is 8.80 Å². The highest BCUT2D eigenvalue weighted by Crippen LogP contribution is 2.31. The first-order valence-corrected chi connectivity index (χ1v) is 12.4. The second kappa shape index (κ2) is 10.9. The molecule has 0 aliphatic carbocycles. The lowest BCUT2D eigenvalue weighted by Crippen LogP contribution is -2.21. The number of methoxy groups -OCH3 is 1. The van der Waals surface area contributed by atoms with Gasteiger partial charge in [0.15, 0.2) is 0 Å². The molecular formula is C21H36OSi. The van der Waals surface area contributed by atoms with Crippen molar-refractivity contribution in [1.82, 2.24) is 0 Å². The van der Waals surface area contributed by atoms with Gasteiger partial charge in [0.2, 0.25) is 0 Å². The number of aryl methyl sites for hydroxylation is 1. The van der Waals surface area contributed by atoms with Gasteiger partial charge in [0, 0.05) is 8.80 Å². The van der Waals surface area contributed by atoms with E-state index in [0.717, 1.165) is 11.7 Å². The molecule has 1 nitrogen and oxygen atoms in total. The fourth-order valence-corrected chi connectivity index (χ4v) is 7.66. The molecule has 0 N–H and O–H groups in total. The molecule has 0 atom stereocenters. The van der Waals surface area contributed by atoms with Crippen molar-refractivity contribution in [2.24, 2.45) is 5.92 Å². The Morgan fingerprint density at radius 1 is 1.00 bits per heavy atom. The number of ether oxygens (including phenoxy) is 1. The predicted molar refractivity (Wildman–Crippen MR) is 104 cm³/mol. The summed E-state index contributed by atoms with van der Waals surface area (Å²) >= 11 is 0. The van der Waals surface area contributed by atoms with Crippen LogP contribution in [-0.4, -0.2) is 15.9 Å². The molecule has 2 heteroatoms. The Hall–Kier alpha value is -0.763. The molecule has 1 heterocycles. The Kier molecular flexibility index (Phi) is 8.81. The molecule has 1 aliphatic heterocycles. The van der Waals surface area contributed by atoms with Crippen LogP contribution in [0.25, 0.3) is 0 Å². The summed E-state index contributed by atoms with van der Waals surface area (Å²) in [5.41, 5.74) is 1.46. The molecule has 0 spiro atoms. The molecule has 1 aromatic carbocycles. The second-order valence-electron chi connectivity index (χ2n) is 7.48. The van der Waals surface area contributed by atoms with Crippen molar-refractivity contribution in [3.05, 3.63) is 29.8 Å². The fourth-order valence-electron chi connectivity index (χ4n) is 4.05. The molecule has 0 bridgehead atoms. The Balaban J connectivity index is 1.53. The zero-order valence-electron chi connectivity index (χ0n) is 15.4. The van der Waals surface area contributed by atoms with Crippen LogP contribution in [0.5, 0.6) is 5.75 Å². The summed E-state index contributed by atoms with van der Waals surface area (Å²) in [5, 5.41) is 0. The lowest BCUT2D eigenvalue weighted by molar-refractivity contribution is 0.414. The van der Waals surface area contributed by atoms with Crippen molar-refractivity contribution in [3.8, 4) is 5.75 Å². The smallest absolute Gasteiger partial charge is 0.118 e. The van der Waals surface area contributed by atoms with Crippen LogP contribution in [0.4, 0.5) is 0 Å². The van der Waals surface area contributed by atoms with Gasteiger partial charge in [0.05, 0.1) is 7.11 Å². The van der Waals surface area contributed by atoms with Crippen LogP contribution in [0.3, 0.4) is 0 Å². The van der Waals surface area contributed by atoms with E-state index in [1.165, 1.54) is 50.5 Å². The molecule has 130 valence electrons. The van der Waals surface area contributed by atoms with Crippen molar-refractivity contribution in [2.45, 2.75) is 82.8 Å². The highest BCUT2D eigenvalue weighted by molar-refractivity contribution is 6.58. The third-order valence-electron chi connectivity index (χ3n) is 5.67. The predicted octanol–water partition coefficient (Wildman–Crippen LogP) is 6.24. The summed E-state index contributed by atoms with van der Waals surface area (Å²) in [7, 11) is 1.43. The maximum absolute atomic E-state index is 5.22. The molecule has 0 aromatic heterocycles. The lowest BCUT2D eigenvalue weighted by Gasteiger charge is -2.27. The van der Waals surface area contributed by atoms with E-state index in [0.29, 0.717) is 0 Å². The normalized spacial score (nSPS) is 21.3. The monoisotopic (exact) mass is 332 g/mol. The Morgan fingerprint density at radius 2 is 1.74 bits per heavy atom. The third-order valence-corrected chi connectivity index (χ3v) is 9.19. The summed E-state index contributed by atoms with van der Waals surface area (Å²) < 4.78 is 5.22. The van der Waals surface area contributed by atoms with Crippen LogP contribution >= 0.6 is 0 Å². The molecule has 23 heavy (non-hydrogen) atoms. The molecule has 0 saturated carbocycles. The van der Waals surface area contributed by atoms with Gasteiger partial charge >= 0.3 is 0 Å². The van der Waals surface area contributed by atoms with Gasteiger partial charge in [0.25, 0.3) is 0 Å². The van der Waals surface area contributed by atoms with Gasteiger partial charge in [-0.1, -0.05) is 82.1 Å². The summed E-state index contributed by atoms with van der Waals surface area (Å²) in [6.07, 6.45) is 13.0. The molecule has 0 amide bonds. The van der Waals surface area contributed by atoms with Crippen molar-refractivity contribution in [1.29, 1.82) is 0 Å². The summed E-state index contributed by atoms with van der Waals surface area (Å²) in [6, 6.07) is 13.5. The Labute approximate surface area is 145 Å². The van der Waals surface area contributed by atoms with Crippen LogP contribution in [-0.2, 0) is 6.42 Å². The van der Waals surface area contributed by atoms with Crippen molar-refractivity contribution in [3.63, 3.8) is 0 Å². The fraction of sp³-hybridized carbons (Fsp3) is 0.714. The number of benzene rings is 1. The molecule has 1 fully saturated rings. The van der Waals surface area contributed by atoms with E-state index < -0.39 is 0 Å². The Bertz CT molecular complexity index is 406. The minimum absolute atomic E-state index is 0.306. The maximum Gasteiger partial charge on any atom is 0.118 e. The van der Waals surface area contributed by atoms with E-state index in [2.05, 4.69) is 31.2 Å². The lowest BCUT2D eigenvalue weighted by atomic mass is 9.95. The average Bonchev–Trinajstić information content (AvgIpc) is 2.61. The summed E-state index contributed by atoms with van der Waals surface area (Å²) in [5.74, 6) is 2.02. The number of hydrogen-bond donors (Lipinski definition) is 0.